The van der Waals surface area contributed by atoms with Gasteiger partial charge < -0.3 is 19.8 Å². The maximum absolute atomic E-state index is 6.37. The molecule has 4 rings (SSSR count). The monoisotopic (exact) mass is 285 g/mol. The maximum atomic E-state index is 6.37. The van der Waals surface area contributed by atoms with Gasteiger partial charge in [0.15, 0.2) is 11.5 Å². The summed E-state index contributed by atoms with van der Waals surface area (Å²) in [6.07, 6.45) is 6.64. The molecule has 110 valence electrons. The minimum atomic E-state index is -0.0697. The number of hydrogen-bond donors (Lipinski definition) is 1. The highest BCUT2D eigenvalue weighted by atomic mass is 16.7. The van der Waals surface area contributed by atoms with E-state index < -0.39 is 0 Å². The molecule has 2 N–H and O–H groups in total. The number of benzene rings is 1. The van der Waals surface area contributed by atoms with Gasteiger partial charge in [-0.05, 0) is 43.4 Å². The van der Waals surface area contributed by atoms with Crippen molar-refractivity contribution in [1.82, 2.24) is 9.55 Å². The van der Waals surface area contributed by atoms with Gasteiger partial charge in [-0.3, -0.25) is 0 Å². The fraction of sp³-hybridized carbons (Fsp3) is 0.438. The Hall–Kier alpha value is -2.01. The van der Waals surface area contributed by atoms with Crippen LogP contribution in [0.25, 0.3) is 0 Å². The minimum Gasteiger partial charge on any atom is -0.454 e. The van der Waals surface area contributed by atoms with Crippen LogP contribution in [0.1, 0.15) is 35.8 Å². The van der Waals surface area contributed by atoms with E-state index in [0.717, 1.165) is 36.4 Å². The van der Waals surface area contributed by atoms with Crippen LogP contribution < -0.4 is 15.2 Å². The third kappa shape index (κ3) is 2.27. The highest BCUT2D eigenvalue weighted by Crippen LogP contribution is 2.34. The predicted octanol–water partition coefficient (Wildman–Crippen LogP) is 2.19. The van der Waals surface area contributed by atoms with Gasteiger partial charge in [0.2, 0.25) is 6.79 Å². The Labute approximate surface area is 123 Å². The molecule has 1 aliphatic heterocycles. The highest BCUT2D eigenvalue weighted by molar-refractivity contribution is 5.45. The third-order valence-electron chi connectivity index (χ3n) is 4.33. The van der Waals surface area contributed by atoms with Gasteiger partial charge in [0.25, 0.3) is 0 Å². The topological polar surface area (TPSA) is 62.3 Å². The molecular weight excluding hydrogens is 266 g/mol. The molecule has 0 spiro atoms. The summed E-state index contributed by atoms with van der Waals surface area (Å²) in [6.45, 7) is 1.05. The van der Waals surface area contributed by atoms with Crippen molar-refractivity contribution in [3.05, 3.63) is 41.5 Å². The lowest BCUT2D eigenvalue weighted by Crippen LogP contribution is -2.19. The zero-order valence-corrected chi connectivity index (χ0v) is 11.9. The van der Waals surface area contributed by atoms with Gasteiger partial charge in [0.1, 0.15) is 0 Å². The van der Waals surface area contributed by atoms with E-state index in [0.29, 0.717) is 6.79 Å². The highest BCUT2D eigenvalue weighted by Gasteiger charge is 2.19. The van der Waals surface area contributed by atoms with Crippen molar-refractivity contribution in [3.63, 3.8) is 0 Å². The molecule has 21 heavy (non-hydrogen) atoms. The zero-order chi connectivity index (χ0) is 14.2. The van der Waals surface area contributed by atoms with Crippen LogP contribution in [0.4, 0.5) is 0 Å². The number of fused-ring (bicyclic) bond motifs is 2. The maximum Gasteiger partial charge on any atom is 0.231 e. The van der Waals surface area contributed by atoms with Crippen LogP contribution in [0, 0.1) is 0 Å². The standard InChI is InChI=1S/C16H19N3O2/c17-12(11-5-6-15-16(7-11)21-10-20-15)8-19-9-18-13-3-1-2-4-14(13)19/h5-7,9,12H,1-4,8,10,17H2. The molecule has 0 saturated heterocycles. The summed E-state index contributed by atoms with van der Waals surface area (Å²) >= 11 is 0. The number of ether oxygens (including phenoxy) is 2. The summed E-state index contributed by atoms with van der Waals surface area (Å²) < 4.78 is 13.0. The molecule has 2 aromatic rings. The average Bonchev–Trinajstić information content (AvgIpc) is 3.13. The second-order valence-electron chi connectivity index (χ2n) is 5.72. The van der Waals surface area contributed by atoms with E-state index in [9.17, 15) is 0 Å². The molecule has 0 amide bonds. The number of hydrogen-bond acceptors (Lipinski definition) is 4. The van der Waals surface area contributed by atoms with Crippen LogP contribution in [0.15, 0.2) is 24.5 Å². The van der Waals surface area contributed by atoms with Crippen molar-refractivity contribution in [3.8, 4) is 11.5 Å². The second kappa shape index (κ2) is 5.07. The van der Waals surface area contributed by atoms with Gasteiger partial charge in [0.05, 0.1) is 12.0 Å². The number of aromatic nitrogens is 2. The normalized spacial score (nSPS) is 17.6. The molecule has 2 aliphatic rings. The van der Waals surface area contributed by atoms with Gasteiger partial charge in [-0.1, -0.05) is 6.07 Å². The van der Waals surface area contributed by atoms with Crippen LogP contribution in [0.3, 0.4) is 0 Å². The van der Waals surface area contributed by atoms with E-state index in [-0.39, 0.29) is 6.04 Å². The number of nitrogens with zero attached hydrogens (tertiary/aromatic N) is 2. The number of nitrogens with two attached hydrogens (primary N) is 1. The predicted molar refractivity (Wildman–Crippen MR) is 78.4 cm³/mol. The van der Waals surface area contributed by atoms with E-state index >= 15 is 0 Å². The van der Waals surface area contributed by atoms with Crippen LogP contribution in [0.5, 0.6) is 11.5 Å². The quantitative estimate of drug-likeness (QED) is 0.939. The smallest absolute Gasteiger partial charge is 0.231 e. The van der Waals surface area contributed by atoms with E-state index in [1.807, 2.05) is 24.5 Å². The molecule has 0 radical (unpaired) electrons. The van der Waals surface area contributed by atoms with Crippen molar-refractivity contribution in [1.29, 1.82) is 0 Å². The van der Waals surface area contributed by atoms with E-state index in [1.54, 1.807) is 0 Å². The largest absolute Gasteiger partial charge is 0.454 e. The first-order valence-electron chi connectivity index (χ1n) is 7.49. The van der Waals surface area contributed by atoms with E-state index in [4.69, 9.17) is 15.2 Å². The first-order valence-corrected chi connectivity index (χ1v) is 7.49. The zero-order valence-electron chi connectivity index (χ0n) is 11.9. The van der Waals surface area contributed by atoms with Gasteiger partial charge in [0, 0.05) is 18.3 Å². The molecule has 0 fully saturated rings. The first-order chi connectivity index (χ1) is 10.3. The minimum absolute atomic E-state index is 0.0697. The fourth-order valence-corrected chi connectivity index (χ4v) is 3.15. The fourth-order valence-electron chi connectivity index (χ4n) is 3.15. The second-order valence-corrected chi connectivity index (χ2v) is 5.72. The van der Waals surface area contributed by atoms with Crippen LogP contribution in [-0.4, -0.2) is 16.3 Å². The summed E-state index contributed by atoms with van der Waals surface area (Å²) in [7, 11) is 0. The lowest BCUT2D eigenvalue weighted by Gasteiger charge is -2.18. The summed E-state index contributed by atoms with van der Waals surface area (Å²) in [5.41, 5.74) is 10.0. The molecule has 1 aliphatic carbocycles. The number of imidazole rings is 1. The SMILES string of the molecule is NC(Cn1cnc2c1CCCC2)c1ccc2c(c1)OCO2. The van der Waals surface area contributed by atoms with Gasteiger partial charge in [-0.25, -0.2) is 4.98 Å². The molecule has 0 saturated carbocycles. The summed E-state index contributed by atoms with van der Waals surface area (Å²) in [4.78, 5) is 4.52. The molecule has 1 aromatic carbocycles. The van der Waals surface area contributed by atoms with Crippen molar-refractivity contribution in [2.45, 2.75) is 38.3 Å². The molecule has 1 atom stereocenters. The molecule has 5 nitrogen and oxygen atoms in total. The Bertz CT molecular complexity index is 666. The summed E-state index contributed by atoms with van der Waals surface area (Å²) in [5.74, 6) is 1.58. The lowest BCUT2D eigenvalue weighted by atomic mass is 10.0. The van der Waals surface area contributed by atoms with Gasteiger partial charge in [-0.15, -0.1) is 0 Å². The Kier molecular flexibility index (Phi) is 3.07. The van der Waals surface area contributed by atoms with Gasteiger partial charge >= 0.3 is 0 Å². The van der Waals surface area contributed by atoms with Crippen LogP contribution in [0.2, 0.25) is 0 Å². The Morgan fingerprint density at radius 2 is 2.05 bits per heavy atom. The van der Waals surface area contributed by atoms with Crippen molar-refractivity contribution in [2.75, 3.05) is 6.79 Å². The van der Waals surface area contributed by atoms with Crippen molar-refractivity contribution < 1.29 is 9.47 Å². The number of aryl methyl sites for hydroxylation is 1. The summed E-state index contributed by atoms with van der Waals surface area (Å²) in [5, 5.41) is 0. The summed E-state index contributed by atoms with van der Waals surface area (Å²) in [6, 6.07) is 5.86. The van der Waals surface area contributed by atoms with Crippen molar-refractivity contribution >= 4 is 0 Å². The van der Waals surface area contributed by atoms with Crippen molar-refractivity contribution in [2.24, 2.45) is 5.73 Å². The Morgan fingerprint density at radius 3 is 3.00 bits per heavy atom. The molecule has 1 unspecified atom stereocenters. The molecule has 0 bridgehead atoms. The molecule has 5 heteroatoms. The van der Waals surface area contributed by atoms with Gasteiger partial charge in [-0.2, -0.15) is 0 Å². The van der Waals surface area contributed by atoms with Crippen LogP contribution >= 0.6 is 0 Å². The van der Waals surface area contributed by atoms with E-state index in [1.165, 1.54) is 24.2 Å². The Balaban J connectivity index is 1.55. The first kappa shape index (κ1) is 12.7. The lowest BCUT2D eigenvalue weighted by molar-refractivity contribution is 0.174. The third-order valence-corrected chi connectivity index (χ3v) is 4.33. The molecule has 1 aromatic heterocycles. The van der Waals surface area contributed by atoms with E-state index in [2.05, 4.69) is 9.55 Å². The molecular formula is C16H19N3O2. The number of rotatable bonds is 3. The molecule has 2 heterocycles. The Morgan fingerprint density at radius 1 is 1.19 bits per heavy atom. The average molecular weight is 285 g/mol. The van der Waals surface area contributed by atoms with Crippen LogP contribution in [-0.2, 0) is 19.4 Å².